The molecule has 1 saturated heterocycles. The van der Waals surface area contributed by atoms with Crippen molar-refractivity contribution >= 4 is 28.6 Å². The number of fused-ring (bicyclic) bond motifs is 1. The summed E-state index contributed by atoms with van der Waals surface area (Å²) in [5.41, 5.74) is 9.65. The van der Waals surface area contributed by atoms with Gasteiger partial charge in [0.2, 0.25) is 5.91 Å². The predicted octanol–water partition coefficient (Wildman–Crippen LogP) is 3.42. The molecule has 0 spiro atoms. The number of primary amides is 1. The first-order chi connectivity index (χ1) is 19.8. The van der Waals surface area contributed by atoms with Gasteiger partial charge in [-0.3, -0.25) is 19.1 Å². The average molecular weight is 558 g/mol. The van der Waals surface area contributed by atoms with E-state index >= 15 is 0 Å². The zero-order chi connectivity index (χ0) is 29.1. The van der Waals surface area contributed by atoms with E-state index in [1.165, 1.54) is 4.90 Å². The second kappa shape index (κ2) is 11.8. The van der Waals surface area contributed by atoms with Crippen LogP contribution in [0.5, 0.6) is 5.75 Å². The lowest BCUT2D eigenvalue weighted by molar-refractivity contribution is -0.131. The van der Waals surface area contributed by atoms with Crippen molar-refractivity contribution in [3.8, 4) is 16.9 Å². The molecule has 0 bridgehead atoms. The number of hydrogen-bond donors (Lipinski definition) is 2. The molecule has 11 nitrogen and oxygen atoms in total. The lowest BCUT2D eigenvalue weighted by Gasteiger charge is -2.27. The number of rotatable bonds is 8. The Labute approximate surface area is 238 Å². The molecule has 1 atom stereocenters. The van der Waals surface area contributed by atoms with Crippen LogP contribution in [0.2, 0.25) is 0 Å². The summed E-state index contributed by atoms with van der Waals surface area (Å²) >= 11 is 0. The molecular weight excluding hydrogens is 522 g/mol. The van der Waals surface area contributed by atoms with Crippen molar-refractivity contribution in [2.75, 3.05) is 34.3 Å². The fourth-order valence-electron chi connectivity index (χ4n) is 5.69. The van der Waals surface area contributed by atoms with Crippen LogP contribution in [0.25, 0.3) is 22.0 Å². The Balaban J connectivity index is 1.62. The molecule has 1 unspecified atom stereocenters. The number of para-hydroxylation sites is 1. The number of aryl methyl sites for hydroxylation is 1. The summed E-state index contributed by atoms with van der Waals surface area (Å²) in [6.45, 7) is 1.54. The number of aromatic amines is 1. The van der Waals surface area contributed by atoms with E-state index in [2.05, 4.69) is 15.3 Å². The third-order valence-corrected chi connectivity index (χ3v) is 7.72. The molecule has 41 heavy (non-hydrogen) atoms. The highest BCUT2D eigenvalue weighted by atomic mass is 16.5. The van der Waals surface area contributed by atoms with E-state index in [-0.39, 0.29) is 17.7 Å². The van der Waals surface area contributed by atoms with Crippen LogP contribution in [-0.2, 0) is 11.3 Å². The molecular formula is C30H35N7O4. The number of aromatic nitrogens is 4. The molecule has 4 aromatic rings. The van der Waals surface area contributed by atoms with E-state index in [9.17, 15) is 14.4 Å². The minimum atomic E-state index is -0.587. The summed E-state index contributed by atoms with van der Waals surface area (Å²) in [4.78, 5) is 45.9. The van der Waals surface area contributed by atoms with E-state index in [1.807, 2.05) is 35.2 Å². The van der Waals surface area contributed by atoms with Crippen molar-refractivity contribution in [1.29, 1.82) is 0 Å². The van der Waals surface area contributed by atoms with Crippen LogP contribution in [0.3, 0.4) is 0 Å². The van der Waals surface area contributed by atoms with Gasteiger partial charge in [0.25, 0.3) is 11.8 Å². The zero-order valence-electron chi connectivity index (χ0n) is 23.6. The molecule has 3 amide bonds. The molecule has 5 rings (SSSR count). The lowest BCUT2D eigenvalue weighted by atomic mass is 9.85. The van der Waals surface area contributed by atoms with Gasteiger partial charge in [-0.1, -0.05) is 29.8 Å². The number of benzene rings is 2. The Morgan fingerprint density at radius 3 is 2.66 bits per heavy atom. The summed E-state index contributed by atoms with van der Waals surface area (Å²) in [6.07, 6.45) is 6.17. The fraction of sp³-hybridized carbons (Fsp3) is 0.367. The van der Waals surface area contributed by atoms with Crippen molar-refractivity contribution in [2.45, 2.75) is 38.1 Å². The number of hydrogen-bond acceptors (Lipinski definition) is 6. The molecule has 11 heteroatoms. The van der Waals surface area contributed by atoms with Crippen LogP contribution in [0.1, 0.15) is 58.0 Å². The number of nitrogens with zero attached hydrogens (tertiary/aromatic N) is 5. The van der Waals surface area contributed by atoms with Gasteiger partial charge in [0.1, 0.15) is 11.4 Å². The largest absolute Gasteiger partial charge is 0.496 e. The number of carbonyl (C=O) groups is 3. The highest BCUT2D eigenvalue weighted by Gasteiger charge is 2.30. The smallest absolute Gasteiger partial charge is 0.269 e. The molecule has 0 radical (unpaired) electrons. The van der Waals surface area contributed by atoms with Gasteiger partial charge in [-0.2, -0.15) is 0 Å². The minimum Gasteiger partial charge on any atom is -0.496 e. The highest BCUT2D eigenvalue weighted by Crippen LogP contribution is 2.41. The van der Waals surface area contributed by atoms with Crippen LogP contribution in [-0.4, -0.2) is 81.8 Å². The average Bonchev–Trinajstić information content (AvgIpc) is 3.59. The van der Waals surface area contributed by atoms with E-state index in [0.29, 0.717) is 54.0 Å². The standard InChI is InChI=1S/C30H35N7O4/c1-35(2)30(40)24-17-23-22(20-9-4-5-10-25(20)41-3)16-21(27(29(31)39)28(23)33-24)19-8-6-7-13-36(18-19)26(38)11-14-37-15-12-32-34-37/h4-5,9-10,12,15-17,19,33H,6-8,11,13-14,18H2,1-3H3,(H2,31,39). The Morgan fingerprint density at radius 1 is 1.15 bits per heavy atom. The van der Waals surface area contributed by atoms with E-state index in [4.69, 9.17) is 10.5 Å². The number of methoxy groups -OCH3 is 1. The molecule has 1 fully saturated rings. The van der Waals surface area contributed by atoms with Gasteiger partial charge >= 0.3 is 0 Å². The normalized spacial score (nSPS) is 15.5. The molecule has 2 aromatic carbocycles. The van der Waals surface area contributed by atoms with Gasteiger partial charge in [0, 0.05) is 56.7 Å². The van der Waals surface area contributed by atoms with Crippen molar-refractivity contribution in [3.63, 3.8) is 0 Å². The monoisotopic (exact) mass is 557 g/mol. The molecule has 1 aliphatic rings. The van der Waals surface area contributed by atoms with Crippen LogP contribution >= 0.6 is 0 Å². The van der Waals surface area contributed by atoms with Gasteiger partial charge in [-0.15, -0.1) is 5.10 Å². The lowest BCUT2D eigenvalue weighted by Crippen LogP contribution is -2.35. The summed E-state index contributed by atoms with van der Waals surface area (Å²) in [5, 5.41) is 8.46. The fourth-order valence-corrected chi connectivity index (χ4v) is 5.69. The molecule has 3 heterocycles. The number of carbonyl (C=O) groups excluding carboxylic acids is 3. The quantitative estimate of drug-likeness (QED) is 0.340. The van der Waals surface area contributed by atoms with E-state index < -0.39 is 5.91 Å². The predicted molar refractivity (Wildman–Crippen MR) is 155 cm³/mol. The number of H-pyrrole nitrogens is 1. The summed E-state index contributed by atoms with van der Waals surface area (Å²) in [6, 6.07) is 11.4. The maximum Gasteiger partial charge on any atom is 0.269 e. The van der Waals surface area contributed by atoms with Crippen molar-refractivity contribution in [1.82, 2.24) is 29.8 Å². The Hall–Kier alpha value is -4.67. The van der Waals surface area contributed by atoms with Gasteiger partial charge < -0.3 is 25.3 Å². The Bertz CT molecular complexity index is 1580. The maximum absolute atomic E-state index is 13.3. The molecule has 0 saturated carbocycles. The van der Waals surface area contributed by atoms with E-state index in [1.54, 1.807) is 44.3 Å². The number of nitrogens with two attached hydrogens (primary N) is 1. The summed E-state index contributed by atoms with van der Waals surface area (Å²) < 4.78 is 7.33. The van der Waals surface area contributed by atoms with Crippen LogP contribution < -0.4 is 10.5 Å². The Kier molecular flexibility index (Phi) is 8.04. The first-order valence-corrected chi connectivity index (χ1v) is 13.7. The molecule has 3 N–H and O–H groups in total. The van der Waals surface area contributed by atoms with Crippen LogP contribution in [0, 0.1) is 0 Å². The number of amides is 3. The van der Waals surface area contributed by atoms with Crippen molar-refractivity contribution in [2.24, 2.45) is 5.73 Å². The van der Waals surface area contributed by atoms with Crippen molar-refractivity contribution in [3.05, 3.63) is 65.6 Å². The minimum absolute atomic E-state index is 0.0257. The SMILES string of the molecule is COc1ccccc1-c1cc(C2CCCCN(C(=O)CCn3ccnn3)C2)c(C(N)=O)c2[nH]c(C(=O)N(C)C)cc12. The number of ether oxygens (including phenoxy) is 1. The molecule has 214 valence electrons. The second-order valence-electron chi connectivity index (χ2n) is 10.6. The topological polar surface area (TPSA) is 139 Å². The second-order valence-corrected chi connectivity index (χ2v) is 10.6. The van der Waals surface area contributed by atoms with Crippen LogP contribution in [0.4, 0.5) is 0 Å². The Morgan fingerprint density at radius 2 is 1.95 bits per heavy atom. The van der Waals surface area contributed by atoms with Crippen LogP contribution in [0.15, 0.2) is 48.8 Å². The van der Waals surface area contributed by atoms with Gasteiger partial charge in [-0.25, -0.2) is 0 Å². The van der Waals surface area contributed by atoms with Gasteiger partial charge in [0.05, 0.1) is 30.9 Å². The van der Waals surface area contributed by atoms with E-state index in [0.717, 1.165) is 36.0 Å². The maximum atomic E-state index is 13.3. The summed E-state index contributed by atoms with van der Waals surface area (Å²) in [7, 11) is 4.96. The highest BCUT2D eigenvalue weighted by molar-refractivity contribution is 6.13. The van der Waals surface area contributed by atoms with Gasteiger partial charge in [0.15, 0.2) is 0 Å². The first-order valence-electron chi connectivity index (χ1n) is 13.7. The molecule has 2 aromatic heterocycles. The number of nitrogens with one attached hydrogen (secondary N) is 1. The summed E-state index contributed by atoms with van der Waals surface area (Å²) in [5.74, 6) is -0.250. The molecule has 1 aliphatic heterocycles. The molecule has 0 aliphatic carbocycles. The third kappa shape index (κ3) is 5.65. The first kappa shape index (κ1) is 27.9. The van der Waals surface area contributed by atoms with Crippen molar-refractivity contribution < 1.29 is 19.1 Å². The third-order valence-electron chi connectivity index (χ3n) is 7.72. The van der Waals surface area contributed by atoms with Gasteiger partial charge in [-0.05, 0) is 42.2 Å². The number of likely N-dealkylation sites (tertiary alicyclic amines) is 1. The zero-order valence-corrected chi connectivity index (χ0v) is 23.6.